The van der Waals surface area contributed by atoms with Crippen LogP contribution in [0.15, 0.2) is 16.6 Å². The summed E-state index contributed by atoms with van der Waals surface area (Å²) in [5.41, 5.74) is -0.191. The van der Waals surface area contributed by atoms with Crippen LogP contribution in [0.5, 0.6) is 0 Å². The highest BCUT2D eigenvalue weighted by molar-refractivity contribution is 9.10. The smallest absolute Gasteiger partial charge is 0.146 e. The topological polar surface area (TPSA) is 20.2 Å². The van der Waals surface area contributed by atoms with E-state index >= 15 is 0 Å². The highest BCUT2D eigenvalue weighted by Crippen LogP contribution is 2.39. The molecule has 1 nitrogen and oxygen atoms in total. The molecule has 1 N–H and O–H groups in total. The number of hydrogen-bond donors (Lipinski definition) is 1. The molecule has 1 aliphatic rings. The van der Waals surface area contributed by atoms with Crippen molar-refractivity contribution in [2.75, 3.05) is 0 Å². The summed E-state index contributed by atoms with van der Waals surface area (Å²) < 4.78 is 27.8. The fraction of sp³-hybridized carbons (Fsp3) is 0.571. The summed E-state index contributed by atoms with van der Waals surface area (Å²) in [6, 6.07) is 2.52. The summed E-state index contributed by atoms with van der Waals surface area (Å²) >= 11 is 3.03. The van der Waals surface area contributed by atoms with Crippen LogP contribution in [0.25, 0.3) is 0 Å². The number of benzene rings is 1. The van der Waals surface area contributed by atoms with Crippen LogP contribution in [0.1, 0.15) is 44.3 Å². The van der Waals surface area contributed by atoms with E-state index in [1.165, 1.54) is 12.1 Å². The molecule has 1 aromatic rings. The highest BCUT2D eigenvalue weighted by atomic mass is 79.9. The third-order valence-corrected chi connectivity index (χ3v) is 4.41. The Morgan fingerprint density at radius 1 is 1.33 bits per heavy atom. The first kappa shape index (κ1) is 13.9. The van der Waals surface area contributed by atoms with Crippen molar-refractivity contribution in [2.24, 2.45) is 11.8 Å². The molecule has 0 amide bonds. The average Bonchev–Trinajstić information content (AvgIpc) is 2.34. The fourth-order valence-corrected chi connectivity index (χ4v) is 3.16. The maximum atomic E-state index is 13.9. The van der Waals surface area contributed by atoms with Crippen molar-refractivity contribution in [3.05, 3.63) is 33.8 Å². The molecule has 0 aromatic heterocycles. The average molecular weight is 319 g/mol. The lowest BCUT2D eigenvalue weighted by molar-refractivity contribution is 0.0653. The first-order chi connectivity index (χ1) is 8.50. The predicted molar refractivity (Wildman–Crippen MR) is 70.1 cm³/mol. The summed E-state index contributed by atoms with van der Waals surface area (Å²) in [6.07, 6.45) is 2.75. The van der Waals surface area contributed by atoms with E-state index in [4.69, 9.17) is 0 Å². The van der Waals surface area contributed by atoms with Gasteiger partial charge < -0.3 is 5.11 Å². The van der Waals surface area contributed by atoms with E-state index < -0.39 is 17.7 Å². The van der Waals surface area contributed by atoms with Crippen molar-refractivity contribution < 1.29 is 13.9 Å². The van der Waals surface area contributed by atoms with Crippen LogP contribution in [0.2, 0.25) is 0 Å². The lowest BCUT2D eigenvalue weighted by atomic mass is 9.78. The summed E-state index contributed by atoms with van der Waals surface area (Å²) in [4.78, 5) is 0. The van der Waals surface area contributed by atoms with Gasteiger partial charge in [-0.1, -0.05) is 19.8 Å². The van der Waals surface area contributed by atoms with Crippen molar-refractivity contribution in [1.29, 1.82) is 0 Å². The van der Waals surface area contributed by atoms with E-state index in [1.54, 1.807) is 0 Å². The molecule has 0 radical (unpaired) electrons. The Bertz CT molecular complexity index is 436. The third kappa shape index (κ3) is 2.75. The Kier molecular flexibility index (Phi) is 4.38. The molecule has 1 aliphatic carbocycles. The Labute approximate surface area is 114 Å². The second kappa shape index (κ2) is 5.66. The van der Waals surface area contributed by atoms with Crippen LogP contribution in [-0.4, -0.2) is 5.11 Å². The van der Waals surface area contributed by atoms with Gasteiger partial charge in [-0.15, -0.1) is 0 Å². The minimum Gasteiger partial charge on any atom is -0.388 e. The van der Waals surface area contributed by atoms with Gasteiger partial charge >= 0.3 is 0 Å². The van der Waals surface area contributed by atoms with Crippen LogP contribution >= 0.6 is 15.9 Å². The molecule has 2 rings (SSSR count). The van der Waals surface area contributed by atoms with Gasteiger partial charge in [-0.25, -0.2) is 8.78 Å². The zero-order chi connectivity index (χ0) is 13.3. The minimum absolute atomic E-state index is 0.0490. The number of rotatable bonds is 2. The van der Waals surface area contributed by atoms with Crippen molar-refractivity contribution in [3.8, 4) is 0 Å². The molecule has 3 atom stereocenters. The van der Waals surface area contributed by atoms with Crippen LogP contribution < -0.4 is 0 Å². The lowest BCUT2D eigenvalue weighted by Crippen LogP contribution is -2.22. The lowest BCUT2D eigenvalue weighted by Gasteiger charge is -2.31. The molecule has 18 heavy (non-hydrogen) atoms. The minimum atomic E-state index is -1.05. The zero-order valence-electron chi connectivity index (χ0n) is 10.3. The van der Waals surface area contributed by atoms with Gasteiger partial charge in [0.25, 0.3) is 0 Å². The molecule has 1 aromatic carbocycles. The van der Waals surface area contributed by atoms with Crippen LogP contribution in [-0.2, 0) is 0 Å². The fourth-order valence-electron chi connectivity index (χ4n) is 2.82. The molecule has 100 valence electrons. The van der Waals surface area contributed by atoms with Gasteiger partial charge in [0.15, 0.2) is 0 Å². The van der Waals surface area contributed by atoms with Gasteiger partial charge in [-0.05, 0) is 52.7 Å². The van der Waals surface area contributed by atoms with Gasteiger partial charge in [0.1, 0.15) is 11.6 Å². The Morgan fingerprint density at radius 2 is 2.06 bits per heavy atom. The molecule has 1 saturated carbocycles. The molecule has 4 heteroatoms. The summed E-state index contributed by atoms with van der Waals surface area (Å²) in [6.45, 7) is 2.12. The van der Waals surface area contributed by atoms with Gasteiger partial charge in [0, 0.05) is 0 Å². The summed E-state index contributed by atoms with van der Waals surface area (Å²) in [7, 11) is 0. The molecule has 0 aliphatic heterocycles. The maximum absolute atomic E-state index is 13.9. The van der Waals surface area contributed by atoms with E-state index in [9.17, 15) is 13.9 Å². The number of hydrogen-bond acceptors (Lipinski definition) is 1. The highest BCUT2D eigenvalue weighted by Gasteiger charge is 2.30. The van der Waals surface area contributed by atoms with Crippen LogP contribution in [0, 0.1) is 23.5 Å². The molecule has 0 bridgehead atoms. The van der Waals surface area contributed by atoms with Crippen molar-refractivity contribution in [3.63, 3.8) is 0 Å². The van der Waals surface area contributed by atoms with Gasteiger partial charge in [0.2, 0.25) is 0 Å². The summed E-state index contributed by atoms with van der Waals surface area (Å²) in [5.74, 6) is -0.883. The van der Waals surface area contributed by atoms with E-state index in [0.717, 1.165) is 25.7 Å². The van der Waals surface area contributed by atoms with E-state index in [2.05, 4.69) is 22.9 Å². The molecule has 3 unspecified atom stereocenters. The van der Waals surface area contributed by atoms with Crippen molar-refractivity contribution >= 4 is 15.9 Å². The summed E-state index contributed by atoms with van der Waals surface area (Å²) in [5, 5.41) is 10.2. The maximum Gasteiger partial charge on any atom is 0.146 e. The van der Waals surface area contributed by atoms with E-state index in [-0.39, 0.29) is 16.0 Å². The molecule has 0 spiro atoms. The van der Waals surface area contributed by atoms with Gasteiger partial charge in [-0.2, -0.15) is 0 Å². The second-order valence-corrected chi connectivity index (χ2v) is 6.09. The third-order valence-electron chi connectivity index (χ3n) is 3.80. The predicted octanol–water partition coefficient (Wildman–Crippen LogP) is 4.59. The number of aliphatic hydroxyl groups is 1. The molecule has 0 saturated heterocycles. The van der Waals surface area contributed by atoms with Crippen LogP contribution in [0.3, 0.4) is 0 Å². The molecule has 0 heterocycles. The Balaban J connectivity index is 2.28. The second-order valence-electron chi connectivity index (χ2n) is 5.23. The monoisotopic (exact) mass is 318 g/mol. The van der Waals surface area contributed by atoms with E-state index in [1.807, 2.05) is 0 Å². The first-order valence-corrected chi connectivity index (χ1v) is 7.11. The molecular weight excluding hydrogens is 302 g/mol. The Morgan fingerprint density at radius 3 is 2.72 bits per heavy atom. The number of halogens is 3. The standard InChI is InChI=1S/C14H17BrF2O/c1-8-3-2-4-9(7-8)14(18)12-11(16)6-5-10(15)13(12)17/h5-6,8-9,14,18H,2-4,7H2,1H3. The SMILES string of the molecule is CC1CCCC(C(O)c2c(F)ccc(Br)c2F)C1. The van der Waals surface area contributed by atoms with Crippen molar-refractivity contribution in [1.82, 2.24) is 0 Å². The van der Waals surface area contributed by atoms with Crippen LogP contribution in [0.4, 0.5) is 8.78 Å². The van der Waals surface area contributed by atoms with E-state index in [0.29, 0.717) is 5.92 Å². The molecular formula is C14H17BrF2O. The quantitative estimate of drug-likeness (QED) is 0.791. The van der Waals surface area contributed by atoms with Gasteiger partial charge in [-0.3, -0.25) is 0 Å². The Hall–Kier alpha value is -0.480. The van der Waals surface area contributed by atoms with Crippen molar-refractivity contribution in [2.45, 2.75) is 38.7 Å². The normalized spacial score (nSPS) is 26.1. The number of aliphatic hydroxyl groups excluding tert-OH is 1. The first-order valence-electron chi connectivity index (χ1n) is 6.32. The largest absolute Gasteiger partial charge is 0.388 e. The molecule has 1 fully saturated rings. The van der Waals surface area contributed by atoms with Gasteiger partial charge in [0.05, 0.1) is 16.1 Å². The zero-order valence-corrected chi connectivity index (χ0v) is 11.9.